The Morgan fingerprint density at radius 2 is 2.10 bits per heavy atom. The minimum atomic E-state index is 0.468. The van der Waals surface area contributed by atoms with Gasteiger partial charge in [0.25, 0.3) is 0 Å². The van der Waals surface area contributed by atoms with Gasteiger partial charge in [-0.3, -0.25) is 4.90 Å². The molecule has 0 radical (unpaired) electrons. The van der Waals surface area contributed by atoms with Crippen molar-refractivity contribution in [3.05, 3.63) is 28.8 Å². The molecule has 1 N–H and O–H groups in total. The Balaban J connectivity index is 1.80. The normalized spacial score (nSPS) is 26.4. The van der Waals surface area contributed by atoms with Gasteiger partial charge in [0.1, 0.15) is 5.75 Å². The van der Waals surface area contributed by atoms with Crippen LogP contribution >= 0.6 is 0 Å². The SMILES string of the molecule is Cc1cc2c(cc1O)[C@@H]1CC[C@H](CC(C)C)CN1CC2. The molecule has 2 aliphatic heterocycles. The summed E-state index contributed by atoms with van der Waals surface area (Å²) < 4.78 is 0. The van der Waals surface area contributed by atoms with Gasteiger partial charge in [-0.2, -0.15) is 0 Å². The number of piperidine rings is 1. The first-order valence-corrected chi connectivity index (χ1v) is 8.11. The van der Waals surface area contributed by atoms with E-state index in [1.807, 2.05) is 13.0 Å². The summed E-state index contributed by atoms with van der Waals surface area (Å²) in [5.41, 5.74) is 3.87. The summed E-state index contributed by atoms with van der Waals surface area (Å²) in [5.74, 6) is 2.14. The number of hydrogen-bond donors (Lipinski definition) is 1. The lowest BCUT2D eigenvalue weighted by molar-refractivity contribution is 0.0895. The summed E-state index contributed by atoms with van der Waals surface area (Å²) >= 11 is 0. The summed E-state index contributed by atoms with van der Waals surface area (Å²) in [4.78, 5) is 2.66. The molecule has 3 rings (SSSR count). The smallest absolute Gasteiger partial charge is 0.118 e. The number of phenols is 1. The van der Waals surface area contributed by atoms with Crippen LogP contribution in [0.25, 0.3) is 0 Å². The van der Waals surface area contributed by atoms with E-state index in [0.29, 0.717) is 11.8 Å². The average Bonchev–Trinajstić information content (AvgIpc) is 2.39. The van der Waals surface area contributed by atoms with Gasteiger partial charge in [-0.1, -0.05) is 19.9 Å². The van der Waals surface area contributed by atoms with E-state index in [4.69, 9.17) is 0 Å². The zero-order valence-corrected chi connectivity index (χ0v) is 13.0. The molecular formula is C18H27NO. The van der Waals surface area contributed by atoms with Gasteiger partial charge in [0.15, 0.2) is 0 Å². The van der Waals surface area contributed by atoms with E-state index in [9.17, 15) is 5.11 Å². The molecular weight excluding hydrogens is 246 g/mol. The van der Waals surface area contributed by atoms with Crippen molar-refractivity contribution in [2.24, 2.45) is 11.8 Å². The Morgan fingerprint density at radius 1 is 1.30 bits per heavy atom. The van der Waals surface area contributed by atoms with E-state index in [1.54, 1.807) is 0 Å². The second-order valence-electron chi connectivity index (χ2n) is 7.17. The number of phenolic OH excluding ortho intramolecular Hbond substituents is 1. The maximum atomic E-state index is 10.0. The van der Waals surface area contributed by atoms with Gasteiger partial charge in [0, 0.05) is 19.1 Å². The van der Waals surface area contributed by atoms with Crippen LogP contribution in [-0.4, -0.2) is 23.1 Å². The molecule has 0 aliphatic carbocycles. The van der Waals surface area contributed by atoms with Crippen molar-refractivity contribution in [3.8, 4) is 5.75 Å². The standard InChI is InChI=1S/C18H27NO/c1-12(2)8-14-4-5-17-16-10-18(20)13(3)9-15(16)6-7-19(17)11-14/h9-10,12,14,17,20H,4-8,11H2,1-3H3/t14-,17+/m1/s1. The maximum Gasteiger partial charge on any atom is 0.118 e. The van der Waals surface area contributed by atoms with Crippen molar-refractivity contribution < 1.29 is 5.11 Å². The molecule has 20 heavy (non-hydrogen) atoms. The monoisotopic (exact) mass is 273 g/mol. The molecule has 0 bridgehead atoms. The summed E-state index contributed by atoms with van der Waals surface area (Å²) in [5, 5.41) is 10.0. The third kappa shape index (κ3) is 2.58. The molecule has 2 aliphatic rings. The maximum absolute atomic E-state index is 10.0. The largest absolute Gasteiger partial charge is 0.508 e. The van der Waals surface area contributed by atoms with Crippen molar-refractivity contribution in [1.82, 2.24) is 4.90 Å². The molecule has 0 amide bonds. The zero-order valence-electron chi connectivity index (χ0n) is 13.0. The highest BCUT2D eigenvalue weighted by Gasteiger charge is 2.33. The van der Waals surface area contributed by atoms with E-state index in [0.717, 1.165) is 23.8 Å². The molecule has 0 unspecified atom stereocenters. The van der Waals surface area contributed by atoms with Crippen LogP contribution in [0.2, 0.25) is 0 Å². The number of aryl methyl sites for hydroxylation is 1. The molecule has 1 saturated heterocycles. The topological polar surface area (TPSA) is 23.5 Å². The predicted octanol–water partition coefficient (Wildman–Crippen LogP) is 4.06. The van der Waals surface area contributed by atoms with Gasteiger partial charge >= 0.3 is 0 Å². The molecule has 2 atom stereocenters. The first kappa shape index (κ1) is 13.9. The van der Waals surface area contributed by atoms with Crippen molar-refractivity contribution >= 4 is 0 Å². The molecule has 110 valence electrons. The fourth-order valence-corrected chi connectivity index (χ4v) is 4.15. The number of benzene rings is 1. The van der Waals surface area contributed by atoms with Crippen LogP contribution in [0.4, 0.5) is 0 Å². The zero-order chi connectivity index (χ0) is 14.3. The number of fused-ring (bicyclic) bond motifs is 3. The Hall–Kier alpha value is -1.02. The summed E-state index contributed by atoms with van der Waals surface area (Å²) in [6.45, 7) is 9.10. The molecule has 2 nitrogen and oxygen atoms in total. The minimum absolute atomic E-state index is 0.468. The predicted molar refractivity (Wildman–Crippen MR) is 83.0 cm³/mol. The molecule has 0 saturated carbocycles. The molecule has 1 aromatic carbocycles. The molecule has 0 spiro atoms. The van der Waals surface area contributed by atoms with Crippen molar-refractivity contribution in [2.45, 2.75) is 52.5 Å². The van der Waals surface area contributed by atoms with Crippen LogP contribution in [0.1, 0.15) is 55.8 Å². The Kier molecular flexibility index (Phi) is 3.76. The molecule has 1 aromatic rings. The highest BCUT2D eigenvalue weighted by molar-refractivity contribution is 5.44. The Bertz CT molecular complexity index is 494. The highest BCUT2D eigenvalue weighted by atomic mass is 16.3. The molecule has 1 fully saturated rings. The van der Waals surface area contributed by atoms with E-state index in [-0.39, 0.29) is 0 Å². The van der Waals surface area contributed by atoms with Crippen LogP contribution in [-0.2, 0) is 6.42 Å². The lowest BCUT2D eigenvalue weighted by Crippen LogP contribution is -2.42. The number of aromatic hydroxyl groups is 1. The van der Waals surface area contributed by atoms with Crippen LogP contribution in [0.3, 0.4) is 0 Å². The van der Waals surface area contributed by atoms with Crippen LogP contribution in [0.5, 0.6) is 5.75 Å². The fourth-order valence-electron chi connectivity index (χ4n) is 4.15. The van der Waals surface area contributed by atoms with Gasteiger partial charge in [-0.15, -0.1) is 0 Å². The Labute approximate surface area is 122 Å². The highest BCUT2D eigenvalue weighted by Crippen LogP contribution is 2.41. The average molecular weight is 273 g/mol. The van der Waals surface area contributed by atoms with Crippen LogP contribution < -0.4 is 0 Å². The van der Waals surface area contributed by atoms with E-state index < -0.39 is 0 Å². The third-order valence-electron chi connectivity index (χ3n) is 5.07. The number of rotatable bonds is 2. The Morgan fingerprint density at radius 3 is 2.85 bits per heavy atom. The summed E-state index contributed by atoms with van der Waals surface area (Å²) in [7, 11) is 0. The van der Waals surface area contributed by atoms with E-state index >= 15 is 0 Å². The summed E-state index contributed by atoms with van der Waals surface area (Å²) in [6.07, 6.45) is 5.09. The van der Waals surface area contributed by atoms with Gasteiger partial charge in [0.05, 0.1) is 0 Å². The second kappa shape index (κ2) is 5.40. The summed E-state index contributed by atoms with van der Waals surface area (Å²) in [6, 6.07) is 4.78. The van der Waals surface area contributed by atoms with Crippen LogP contribution in [0.15, 0.2) is 12.1 Å². The lowest BCUT2D eigenvalue weighted by Gasteiger charge is -2.44. The lowest BCUT2D eigenvalue weighted by atomic mass is 9.80. The van der Waals surface area contributed by atoms with Crippen molar-refractivity contribution in [2.75, 3.05) is 13.1 Å². The van der Waals surface area contributed by atoms with Gasteiger partial charge in [-0.05, 0) is 67.2 Å². The first-order chi connectivity index (χ1) is 9.54. The molecule has 0 aromatic heterocycles. The van der Waals surface area contributed by atoms with Gasteiger partial charge in [0.2, 0.25) is 0 Å². The number of hydrogen-bond acceptors (Lipinski definition) is 2. The van der Waals surface area contributed by atoms with Crippen LogP contribution in [0, 0.1) is 18.8 Å². The quantitative estimate of drug-likeness (QED) is 0.878. The number of nitrogens with zero attached hydrogens (tertiary/aromatic N) is 1. The van der Waals surface area contributed by atoms with Crippen molar-refractivity contribution in [1.29, 1.82) is 0 Å². The molecule has 2 heteroatoms. The van der Waals surface area contributed by atoms with Gasteiger partial charge < -0.3 is 5.11 Å². The van der Waals surface area contributed by atoms with E-state index in [2.05, 4.69) is 24.8 Å². The van der Waals surface area contributed by atoms with Gasteiger partial charge in [-0.25, -0.2) is 0 Å². The first-order valence-electron chi connectivity index (χ1n) is 8.11. The second-order valence-corrected chi connectivity index (χ2v) is 7.17. The van der Waals surface area contributed by atoms with E-state index in [1.165, 1.54) is 43.5 Å². The third-order valence-corrected chi connectivity index (χ3v) is 5.07. The fraction of sp³-hybridized carbons (Fsp3) is 0.667. The minimum Gasteiger partial charge on any atom is -0.508 e. The van der Waals surface area contributed by atoms with Crippen molar-refractivity contribution in [3.63, 3.8) is 0 Å². The molecule has 2 heterocycles.